The van der Waals surface area contributed by atoms with Gasteiger partial charge in [-0.3, -0.25) is 52.9 Å². The molecule has 338 valence electrons. The molecule has 0 aliphatic heterocycles. The number of rotatable bonds is 29. The number of carboxylic acids is 1. The van der Waals surface area contributed by atoms with E-state index in [1.807, 2.05) is 5.32 Å². The van der Waals surface area contributed by atoms with E-state index in [1.165, 1.54) is 0 Å². The van der Waals surface area contributed by atoms with E-state index in [0.29, 0.717) is 6.42 Å². The lowest BCUT2D eigenvalue weighted by Crippen LogP contribution is -2.60. The normalized spacial score (nSPS) is 14.7. The SMILES string of the molecule is CC[C@H](C)[C@H](N)C(=O)N[C@@H](CO)C(=O)N[C@@H](CO)C(=O)N[C@@H](CC(N)=O)C(=O)NCC(=O)N[C@@H](CC(N)=O)C(=O)N[C@@H](CC(N)=O)C(=O)N[C@@H](CCCN=C(N)N)C(=O)O. The Kier molecular flexibility index (Phi) is 24.1. The second-order valence-corrected chi connectivity index (χ2v) is 13.2. The molecule has 0 aliphatic rings. The maximum atomic E-state index is 13.1. The van der Waals surface area contributed by atoms with Crippen LogP contribution in [0.15, 0.2) is 4.99 Å². The Morgan fingerprint density at radius 3 is 1.35 bits per heavy atom. The molecule has 0 aromatic heterocycles. The molecule has 0 aliphatic carbocycles. The van der Waals surface area contributed by atoms with Gasteiger partial charge >= 0.3 is 5.97 Å². The van der Waals surface area contributed by atoms with Crippen molar-refractivity contribution in [1.82, 2.24) is 37.2 Å². The Labute approximate surface area is 342 Å². The number of nitrogens with zero attached hydrogens (tertiary/aromatic N) is 1. The molecule has 0 aromatic rings. The highest BCUT2D eigenvalue weighted by Gasteiger charge is 2.33. The van der Waals surface area contributed by atoms with E-state index in [9.17, 15) is 68.1 Å². The van der Waals surface area contributed by atoms with Crippen LogP contribution >= 0.6 is 0 Å². The predicted molar refractivity (Wildman–Crippen MR) is 205 cm³/mol. The van der Waals surface area contributed by atoms with Crippen LogP contribution in [0.4, 0.5) is 0 Å². The highest BCUT2D eigenvalue weighted by molar-refractivity contribution is 5.99. The number of nitrogens with one attached hydrogen (secondary N) is 7. The fourth-order valence-electron chi connectivity index (χ4n) is 4.79. The minimum atomic E-state index is -1.86. The van der Waals surface area contributed by atoms with Gasteiger partial charge in [-0.1, -0.05) is 20.3 Å². The van der Waals surface area contributed by atoms with E-state index in [1.54, 1.807) is 13.8 Å². The molecule has 0 spiro atoms. The largest absolute Gasteiger partial charge is 0.480 e. The molecule has 0 saturated carbocycles. The van der Waals surface area contributed by atoms with E-state index in [4.69, 9.17) is 34.4 Å². The number of hydrogen-bond acceptors (Lipinski definition) is 15. The van der Waals surface area contributed by atoms with Crippen LogP contribution in [0.5, 0.6) is 0 Å². The number of hydrogen-bond donors (Lipinski definition) is 16. The van der Waals surface area contributed by atoms with E-state index in [0.717, 1.165) is 0 Å². The van der Waals surface area contributed by atoms with Crippen molar-refractivity contribution in [3.05, 3.63) is 0 Å². The van der Waals surface area contributed by atoms with Gasteiger partial charge in [0.05, 0.1) is 45.1 Å². The number of carbonyl (C=O) groups is 11. The smallest absolute Gasteiger partial charge is 0.326 e. The van der Waals surface area contributed by atoms with E-state index >= 15 is 0 Å². The summed E-state index contributed by atoms with van der Waals surface area (Å²) in [6, 6.07) is -11.6. The Bertz CT molecular complexity index is 1610. The predicted octanol–water partition coefficient (Wildman–Crippen LogP) is -9.87. The summed E-state index contributed by atoms with van der Waals surface area (Å²) >= 11 is 0. The first-order valence-corrected chi connectivity index (χ1v) is 18.2. The minimum Gasteiger partial charge on any atom is -0.480 e. The summed E-state index contributed by atoms with van der Waals surface area (Å²) in [6.07, 6.45) is -2.25. The monoisotopic (exact) mass is 860 g/mol. The topological polar surface area (TPSA) is 501 Å². The molecule has 0 fully saturated rings. The number of primary amides is 3. The molecule has 0 bridgehead atoms. The second kappa shape index (κ2) is 27.1. The van der Waals surface area contributed by atoms with Crippen molar-refractivity contribution in [2.75, 3.05) is 26.3 Å². The molecule has 0 saturated heterocycles. The highest BCUT2D eigenvalue weighted by atomic mass is 16.4. The standard InChI is InChI=1S/C32H56N14O14/c1-3-13(2)24(36)30(58)46-19(12-48)29(57)45-18(11-47)28(56)43-15(7-20(33)49)25(53)40-10-23(52)41-16(8-21(34)50)26(54)44-17(9-22(35)51)27(55)42-14(31(59)60)5-4-6-39-32(37)38/h13-19,24,47-48H,3-12,36H2,1-2H3,(H2,33,49)(H2,34,50)(H2,35,51)(H,40,53)(H,41,52)(H,42,55)(H,43,56)(H,44,54)(H,45,57)(H,46,58)(H,59,60)(H4,37,38,39)/t13-,14-,15-,16-,17-,18-,19-,24-/m0/s1. The van der Waals surface area contributed by atoms with Crippen LogP contribution in [-0.2, 0) is 52.7 Å². The Morgan fingerprint density at radius 1 is 0.567 bits per heavy atom. The van der Waals surface area contributed by atoms with Crippen molar-refractivity contribution in [3.8, 4) is 0 Å². The molecular formula is C32H56N14O14. The summed E-state index contributed by atoms with van der Waals surface area (Å²) in [7, 11) is 0. The zero-order valence-electron chi connectivity index (χ0n) is 32.9. The summed E-state index contributed by atoms with van der Waals surface area (Å²) in [5, 5.41) is 43.6. The fourth-order valence-corrected chi connectivity index (χ4v) is 4.79. The molecule has 28 nitrogen and oxygen atoms in total. The van der Waals surface area contributed by atoms with Gasteiger partial charge in [-0.25, -0.2) is 4.79 Å². The molecule has 28 heteroatoms. The van der Waals surface area contributed by atoms with Crippen molar-refractivity contribution in [2.24, 2.45) is 45.3 Å². The fraction of sp³-hybridized carbons (Fsp3) is 0.625. The van der Waals surface area contributed by atoms with Gasteiger partial charge in [0.1, 0.15) is 36.3 Å². The number of aliphatic hydroxyl groups is 2. The Morgan fingerprint density at radius 2 is 0.950 bits per heavy atom. The number of carboxylic acid groups (broad SMARTS) is 1. The van der Waals surface area contributed by atoms with E-state index < -0.39 is 146 Å². The molecule has 0 radical (unpaired) electrons. The molecule has 0 aromatic carbocycles. The van der Waals surface area contributed by atoms with Gasteiger partial charge in [0.15, 0.2) is 5.96 Å². The maximum absolute atomic E-state index is 13.1. The quantitative estimate of drug-likeness (QED) is 0.0189. The van der Waals surface area contributed by atoms with Crippen LogP contribution in [0.1, 0.15) is 52.4 Å². The van der Waals surface area contributed by atoms with Crippen molar-refractivity contribution in [2.45, 2.75) is 94.7 Å². The van der Waals surface area contributed by atoms with Crippen molar-refractivity contribution in [1.29, 1.82) is 0 Å². The molecule has 22 N–H and O–H groups in total. The van der Waals surface area contributed by atoms with Crippen LogP contribution in [0.2, 0.25) is 0 Å². The summed E-state index contributed by atoms with van der Waals surface area (Å²) in [4.78, 5) is 141. The third-order valence-corrected chi connectivity index (χ3v) is 8.31. The highest BCUT2D eigenvalue weighted by Crippen LogP contribution is 2.06. The first-order valence-electron chi connectivity index (χ1n) is 18.2. The van der Waals surface area contributed by atoms with Crippen LogP contribution in [0.25, 0.3) is 0 Å². The van der Waals surface area contributed by atoms with Gasteiger partial charge in [-0.2, -0.15) is 0 Å². The van der Waals surface area contributed by atoms with Gasteiger partial charge in [0.2, 0.25) is 59.1 Å². The van der Waals surface area contributed by atoms with Crippen molar-refractivity contribution < 1.29 is 68.1 Å². The zero-order chi connectivity index (χ0) is 46.3. The van der Waals surface area contributed by atoms with E-state index in [2.05, 4.69) is 36.9 Å². The van der Waals surface area contributed by atoms with Gasteiger partial charge < -0.3 is 86.9 Å². The van der Waals surface area contributed by atoms with Crippen LogP contribution in [0.3, 0.4) is 0 Å². The van der Waals surface area contributed by atoms with Crippen molar-refractivity contribution in [3.63, 3.8) is 0 Å². The molecular weight excluding hydrogens is 804 g/mol. The first-order chi connectivity index (χ1) is 28.0. The van der Waals surface area contributed by atoms with Gasteiger partial charge in [-0.15, -0.1) is 0 Å². The lowest BCUT2D eigenvalue weighted by molar-refractivity contribution is -0.142. The van der Waals surface area contributed by atoms with Gasteiger partial charge in [0.25, 0.3) is 0 Å². The van der Waals surface area contributed by atoms with Gasteiger partial charge in [0, 0.05) is 6.54 Å². The third-order valence-electron chi connectivity index (χ3n) is 8.31. The summed E-state index contributed by atoms with van der Waals surface area (Å²) in [5.74, 6) is -13.6. The number of aliphatic carboxylic acids is 1. The van der Waals surface area contributed by atoms with Crippen LogP contribution < -0.4 is 71.6 Å². The average molecular weight is 861 g/mol. The number of aliphatic hydroxyl groups excluding tert-OH is 2. The van der Waals surface area contributed by atoms with Crippen molar-refractivity contribution >= 4 is 71.0 Å². The average Bonchev–Trinajstić information content (AvgIpc) is 3.16. The molecule has 10 amide bonds. The molecule has 60 heavy (non-hydrogen) atoms. The number of guanidine groups is 1. The number of carbonyl (C=O) groups excluding carboxylic acids is 10. The number of amides is 10. The molecule has 0 heterocycles. The third kappa shape index (κ3) is 20.7. The molecule has 8 atom stereocenters. The minimum absolute atomic E-state index is 0.00744. The van der Waals surface area contributed by atoms with Crippen LogP contribution in [0, 0.1) is 5.92 Å². The lowest BCUT2D eigenvalue weighted by Gasteiger charge is -2.25. The number of nitrogens with two attached hydrogens (primary N) is 6. The summed E-state index contributed by atoms with van der Waals surface area (Å²) < 4.78 is 0. The summed E-state index contributed by atoms with van der Waals surface area (Å²) in [6.45, 7) is 0.416. The van der Waals surface area contributed by atoms with E-state index in [-0.39, 0.29) is 31.3 Å². The first kappa shape index (κ1) is 53.3. The number of aliphatic imine (C=N–C) groups is 1. The second-order valence-electron chi connectivity index (χ2n) is 13.2. The summed E-state index contributed by atoms with van der Waals surface area (Å²) in [5.41, 5.74) is 31.9. The zero-order valence-corrected chi connectivity index (χ0v) is 32.9. The van der Waals surface area contributed by atoms with Gasteiger partial charge in [-0.05, 0) is 18.8 Å². The maximum Gasteiger partial charge on any atom is 0.326 e. The molecule has 0 rings (SSSR count). The van der Waals surface area contributed by atoms with Crippen LogP contribution in [-0.4, -0.2) is 155 Å². The lowest BCUT2D eigenvalue weighted by atomic mass is 9.99. The Hall–Kier alpha value is -6.68. The molecule has 0 unspecified atom stereocenters. The Balaban J connectivity index is 5.80.